The number of nitrogens with one attached hydrogen (secondary N) is 1. The van der Waals surface area contributed by atoms with Gasteiger partial charge in [0.2, 0.25) is 0 Å². The molecule has 0 aromatic carbocycles. The molecule has 1 aromatic heterocycles. The third kappa shape index (κ3) is 5.58. The molecule has 0 spiro atoms. The molecule has 10 heteroatoms. The molecule has 3 saturated heterocycles. The van der Waals surface area contributed by atoms with E-state index in [1.54, 1.807) is 16.3 Å². The van der Waals surface area contributed by atoms with Crippen LogP contribution in [0, 0.1) is 42.4 Å². The molecule has 7 unspecified atom stereocenters. The van der Waals surface area contributed by atoms with Gasteiger partial charge in [0.25, 0.3) is 5.56 Å². The highest BCUT2D eigenvalue weighted by atomic mass is 35.5. The summed E-state index contributed by atoms with van der Waals surface area (Å²) in [6.45, 7) is 4.27. The van der Waals surface area contributed by atoms with Gasteiger partial charge in [0.15, 0.2) is 0 Å². The molecule has 1 saturated carbocycles. The van der Waals surface area contributed by atoms with E-state index in [-0.39, 0.29) is 40.1 Å². The Kier molecular flexibility index (Phi) is 8.52. The number of fused-ring (bicyclic) bond motifs is 2. The highest BCUT2D eigenvalue weighted by Crippen LogP contribution is 2.48. The number of aryl methyl sites for hydroxylation is 2. The van der Waals surface area contributed by atoms with Crippen molar-refractivity contribution in [1.29, 1.82) is 0 Å². The number of hydrogen-bond donors (Lipinski definition) is 2. The van der Waals surface area contributed by atoms with Crippen LogP contribution in [-0.4, -0.2) is 79.8 Å². The van der Waals surface area contributed by atoms with E-state index in [0.29, 0.717) is 49.3 Å². The standard InChI is InChI=1S/C30H40ClFN4O3S/c1-17-34-26-7-6-21(35-12-9-20(32)15-35)14-24(26)29(37)36(17)11-2-3-18-4-5-19(31)13-23(18)22-8-10-33-27-25(30(38)39)16-40-28(22)27/h18-23,25,27-28,33H,4-16H2,1H3,(H,38,39)/t18?,19?,20-,21+,22?,23?,25?,27?,28?/m1/s1. The molecule has 40 heavy (non-hydrogen) atoms. The second-order valence-corrected chi connectivity index (χ2v) is 14.3. The van der Waals surface area contributed by atoms with Gasteiger partial charge in [-0.3, -0.25) is 19.1 Å². The lowest BCUT2D eigenvalue weighted by Gasteiger charge is -2.44. The molecule has 4 fully saturated rings. The highest BCUT2D eigenvalue weighted by molar-refractivity contribution is 8.00. The lowest BCUT2D eigenvalue weighted by atomic mass is 9.68. The van der Waals surface area contributed by atoms with Crippen LogP contribution in [0.3, 0.4) is 0 Å². The Morgan fingerprint density at radius 2 is 2.10 bits per heavy atom. The van der Waals surface area contributed by atoms with Crippen LogP contribution < -0.4 is 10.9 Å². The summed E-state index contributed by atoms with van der Waals surface area (Å²) in [6, 6.07) is 0.216. The third-order valence-corrected chi connectivity index (χ3v) is 12.1. The molecule has 9 atom stereocenters. The Balaban J connectivity index is 1.19. The van der Waals surface area contributed by atoms with Crippen LogP contribution in [0.1, 0.15) is 55.6 Å². The maximum atomic E-state index is 13.8. The van der Waals surface area contributed by atoms with Crippen molar-refractivity contribution in [3.05, 3.63) is 27.4 Å². The number of carboxylic acids is 1. The number of halogens is 2. The van der Waals surface area contributed by atoms with Crippen molar-refractivity contribution in [2.45, 2.75) is 93.7 Å². The summed E-state index contributed by atoms with van der Waals surface area (Å²) in [5.74, 6) is 8.13. The van der Waals surface area contributed by atoms with Gasteiger partial charge >= 0.3 is 5.97 Å². The normalized spacial score (nSPS) is 37.8. The van der Waals surface area contributed by atoms with E-state index in [9.17, 15) is 19.1 Å². The van der Waals surface area contributed by atoms with Crippen LogP contribution in [0.2, 0.25) is 0 Å². The van der Waals surface area contributed by atoms with Crippen molar-refractivity contribution in [2.75, 3.05) is 25.4 Å². The monoisotopic (exact) mass is 590 g/mol. The van der Waals surface area contributed by atoms with Crippen molar-refractivity contribution in [1.82, 2.24) is 19.8 Å². The van der Waals surface area contributed by atoms with Gasteiger partial charge in [0.1, 0.15) is 12.0 Å². The van der Waals surface area contributed by atoms with Gasteiger partial charge in [-0.05, 0) is 76.7 Å². The summed E-state index contributed by atoms with van der Waals surface area (Å²) >= 11 is 8.48. The molecule has 218 valence electrons. The van der Waals surface area contributed by atoms with Gasteiger partial charge in [0, 0.05) is 53.0 Å². The molecule has 3 aliphatic heterocycles. The maximum absolute atomic E-state index is 13.8. The minimum atomic E-state index is -0.760. The van der Waals surface area contributed by atoms with Crippen LogP contribution in [-0.2, 0) is 24.2 Å². The first-order valence-electron chi connectivity index (χ1n) is 15.0. The zero-order valence-electron chi connectivity index (χ0n) is 23.2. The Labute approximate surface area is 245 Å². The largest absolute Gasteiger partial charge is 0.481 e. The molecule has 7 nitrogen and oxygen atoms in total. The third-order valence-electron chi connectivity index (χ3n) is 10.1. The number of rotatable bonds is 4. The first kappa shape index (κ1) is 28.5. The minimum Gasteiger partial charge on any atom is -0.481 e. The number of aliphatic carboxylic acids is 1. The van der Waals surface area contributed by atoms with Crippen molar-refractivity contribution in [3.8, 4) is 11.8 Å². The number of likely N-dealkylation sites (tertiary alicyclic amines) is 1. The maximum Gasteiger partial charge on any atom is 0.308 e. The molecule has 0 radical (unpaired) electrons. The Hall–Kier alpha value is -1.60. The molecular formula is C30H40ClFN4O3S. The zero-order valence-corrected chi connectivity index (χ0v) is 24.7. The van der Waals surface area contributed by atoms with Crippen molar-refractivity contribution >= 4 is 29.3 Å². The topological polar surface area (TPSA) is 87.5 Å². The predicted molar refractivity (Wildman–Crippen MR) is 156 cm³/mol. The molecule has 2 N–H and O–H groups in total. The Morgan fingerprint density at radius 3 is 2.88 bits per heavy atom. The van der Waals surface area contributed by atoms with Gasteiger partial charge in [0.05, 0.1) is 18.2 Å². The SMILES string of the molecule is Cc1nc2c(c(=O)n1CC#CC1CCC(Cl)CC1C1CCNC3C(C(=O)O)CSC13)C[C@@H](N1CC[C@@H](F)C1)CC2. The number of aromatic nitrogens is 2. The van der Waals surface area contributed by atoms with Gasteiger partial charge in [-0.2, -0.15) is 11.8 Å². The second-order valence-electron chi connectivity index (χ2n) is 12.4. The quantitative estimate of drug-likeness (QED) is 0.411. The van der Waals surface area contributed by atoms with Gasteiger partial charge < -0.3 is 10.4 Å². The molecule has 0 amide bonds. The average Bonchev–Trinajstić information content (AvgIpc) is 3.57. The van der Waals surface area contributed by atoms with Crippen LogP contribution in [0.15, 0.2) is 4.79 Å². The fourth-order valence-corrected chi connectivity index (χ4v) is 10.2. The smallest absolute Gasteiger partial charge is 0.308 e. The van der Waals surface area contributed by atoms with E-state index < -0.39 is 12.1 Å². The summed E-state index contributed by atoms with van der Waals surface area (Å²) in [6.07, 6.45) is 5.93. The number of thioether (sulfide) groups is 1. The molecule has 0 bridgehead atoms. The van der Waals surface area contributed by atoms with Crippen LogP contribution in [0.5, 0.6) is 0 Å². The summed E-state index contributed by atoms with van der Waals surface area (Å²) in [7, 11) is 0. The number of alkyl halides is 2. The lowest BCUT2D eigenvalue weighted by Crippen LogP contribution is -2.53. The molecular weight excluding hydrogens is 551 g/mol. The average molecular weight is 591 g/mol. The predicted octanol–water partition coefficient (Wildman–Crippen LogP) is 3.27. The van der Waals surface area contributed by atoms with Crippen molar-refractivity contribution in [3.63, 3.8) is 0 Å². The van der Waals surface area contributed by atoms with E-state index >= 15 is 0 Å². The number of carboxylic acid groups (broad SMARTS) is 1. The van der Waals surface area contributed by atoms with Gasteiger partial charge in [-0.15, -0.1) is 11.6 Å². The van der Waals surface area contributed by atoms with E-state index in [2.05, 4.69) is 22.1 Å². The Morgan fingerprint density at radius 1 is 1.25 bits per heavy atom. The highest BCUT2D eigenvalue weighted by Gasteiger charge is 2.50. The summed E-state index contributed by atoms with van der Waals surface area (Å²) in [5.41, 5.74) is 1.67. The fraction of sp³-hybridized carbons (Fsp3) is 0.767. The van der Waals surface area contributed by atoms with Crippen LogP contribution in [0.4, 0.5) is 4.39 Å². The van der Waals surface area contributed by atoms with Crippen LogP contribution in [0.25, 0.3) is 0 Å². The lowest BCUT2D eigenvalue weighted by molar-refractivity contribution is -0.141. The first-order chi connectivity index (χ1) is 19.3. The number of hydrogen-bond acceptors (Lipinski definition) is 6. The Bertz CT molecular complexity index is 1250. The van der Waals surface area contributed by atoms with Crippen LogP contribution >= 0.6 is 23.4 Å². The zero-order chi connectivity index (χ0) is 28.0. The molecule has 6 rings (SSSR count). The molecule has 2 aliphatic carbocycles. The second kappa shape index (κ2) is 11.9. The van der Waals surface area contributed by atoms with Crippen molar-refractivity contribution < 1.29 is 14.3 Å². The fourth-order valence-electron chi connectivity index (χ4n) is 8.00. The number of nitrogens with zero attached hydrogens (tertiary/aromatic N) is 3. The minimum absolute atomic E-state index is 0.00164. The molecule has 4 heterocycles. The summed E-state index contributed by atoms with van der Waals surface area (Å²) in [5, 5.41) is 13.6. The van der Waals surface area contributed by atoms with E-state index in [4.69, 9.17) is 16.6 Å². The summed E-state index contributed by atoms with van der Waals surface area (Å²) < 4.78 is 15.5. The summed E-state index contributed by atoms with van der Waals surface area (Å²) in [4.78, 5) is 32.4. The molecule has 1 aromatic rings. The first-order valence-corrected chi connectivity index (χ1v) is 16.5. The number of piperidine rings is 1. The van der Waals surface area contributed by atoms with E-state index in [1.165, 1.54) is 0 Å². The van der Waals surface area contributed by atoms with E-state index in [0.717, 1.165) is 62.9 Å². The van der Waals surface area contributed by atoms with Gasteiger partial charge in [-0.25, -0.2) is 9.37 Å². The van der Waals surface area contributed by atoms with Crippen molar-refractivity contribution in [2.24, 2.45) is 23.7 Å². The van der Waals surface area contributed by atoms with E-state index in [1.807, 2.05) is 6.92 Å². The molecule has 5 aliphatic rings. The van der Waals surface area contributed by atoms with Gasteiger partial charge in [-0.1, -0.05) is 11.8 Å². The number of carbonyl (C=O) groups is 1.